The normalized spacial score (nSPS) is 14.6. The van der Waals surface area contributed by atoms with Gasteiger partial charge in [0.15, 0.2) is 6.79 Å². The number of carboxylic acid groups (broad SMARTS) is 1. The highest BCUT2D eigenvalue weighted by atomic mass is 16.7. The Kier molecular flexibility index (Phi) is 3.64. The number of benzene rings is 1. The van der Waals surface area contributed by atoms with Crippen LogP contribution >= 0.6 is 0 Å². The van der Waals surface area contributed by atoms with Crippen molar-refractivity contribution in [2.75, 3.05) is 13.4 Å². The van der Waals surface area contributed by atoms with Crippen LogP contribution in [0.3, 0.4) is 0 Å². The number of hydrogen-bond donors (Lipinski definition) is 1. The molecule has 1 aliphatic rings. The fourth-order valence-corrected chi connectivity index (χ4v) is 1.57. The zero-order valence-electron chi connectivity index (χ0n) is 9.81. The molecule has 0 heterocycles. The molecule has 4 heteroatoms. The molecular weight excluding hydrogens is 220 g/mol. The topological polar surface area (TPSA) is 55.8 Å². The molecule has 0 spiro atoms. The number of aromatic carboxylic acids is 1. The van der Waals surface area contributed by atoms with Gasteiger partial charge in [-0.2, -0.15) is 0 Å². The third-order valence-corrected chi connectivity index (χ3v) is 2.79. The van der Waals surface area contributed by atoms with Crippen LogP contribution in [-0.2, 0) is 4.74 Å². The fourth-order valence-electron chi connectivity index (χ4n) is 1.57. The zero-order chi connectivity index (χ0) is 12.3. The van der Waals surface area contributed by atoms with Gasteiger partial charge in [0.05, 0.1) is 12.2 Å². The second-order valence-corrected chi connectivity index (χ2v) is 4.36. The Morgan fingerprint density at radius 2 is 2.24 bits per heavy atom. The second kappa shape index (κ2) is 5.19. The van der Waals surface area contributed by atoms with E-state index < -0.39 is 5.97 Å². The van der Waals surface area contributed by atoms with E-state index in [1.807, 2.05) is 0 Å². The number of aryl methyl sites for hydroxylation is 1. The minimum absolute atomic E-state index is 0.225. The van der Waals surface area contributed by atoms with Gasteiger partial charge in [-0.1, -0.05) is 0 Å². The van der Waals surface area contributed by atoms with Crippen molar-refractivity contribution in [3.05, 3.63) is 29.3 Å². The highest BCUT2D eigenvalue weighted by Gasteiger charge is 2.21. The van der Waals surface area contributed by atoms with E-state index >= 15 is 0 Å². The summed E-state index contributed by atoms with van der Waals surface area (Å²) in [6, 6.07) is 4.91. The second-order valence-electron chi connectivity index (χ2n) is 4.36. The Morgan fingerprint density at radius 3 is 2.82 bits per heavy atom. The first-order valence-corrected chi connectivity index (χ1v) is 5.71. The average molecular weight is 236 g/mol. The Bertz CT molecular complexity index is 410. The number of ether oxygens (including phenoxy) is 2. The minimum atomic E-state index is -0.918. The summed E-state index contributed by atoms with van der Waals surface area (Å²) < 4.78 is 10.7. The third kappa shape index (κ3) is 3.46. The molecule has 1 N–H and O–H groups in total. The largest absolute Gasteiger partial charge is 0.478 e. The molecule has 1 aromatic carbocycles. The Morgan fingerprint density at radius 1 is 1.47 bits per heavy atom. The maximum Gasteiger partial charge on any atom is 0.335 e. The average Bonchev–Trinajstić information content (AvgIpc) is 3.08. The van der Waals surface area contributed by atoms with Gasteiger partial charge in [-0.05, 0) is 49.4 Å². The highest BCUT2D eigenvalue weighted by Crippen LogP contribution is 2.28. The predicted molar refractivity (Wildman–Crippen MR) is 62.3 cm³/mol. The number of hydrogen-bond acceptors (Lipinski definition) is 3. The first-order valence-electron chi connectivity index (χ1n) is 5.71. The summed E-state index contributed by atoms with van der Waals surface area (Å²) in [4.78, 5) is 10.8. The molecule has 1 fully saturated rings. The molecule has 0 aromatic heterocycles. The van der Waals surface area contributed by atoms with Crippen LogP contribution in [0.15, 0.2) is 18.2 Å². The summed E-state index contributed by atoms with van der Waals surface area (Å²) in [5, 5.41) is 8.87. The molecule has 17 heavy (non-hydrogen) atoms. The third-order valence-electron chi connectivity index (χ3n) is 2.79. The first kappa shape index (κ1) is 11.9. The molecule has 0 aliphatic heterocycles. The van der Waals surface area contributed by atoms with Gasteiger partial charge in [0.2, 0.25) is 0 Å². The molecule has 0 radical (unpaired) electrons. The van der Waals surface area contributed by atoms with Crippen molar-refractivity contribution < 1.29 is 19.4 Å². The van der Waals surface area contributed by atoms with Crippen molar-refractivity contribution >= 4 is 5.97 Å². The van der Waals surface area contributed by atoms with Crippen molar-refractivity contribution in [3.8, 4) is 5.75 Å². The lowest BCUT2D eigenvalue weighted by Crippen LogP contribution is -2.06. The summed E-state index contributed by atoms with van der Waals surface area (Å²) in [6.45, 7) is 2.73. The minimum Gasteiger partial charge on any atom is -0.478 e. The standard InChI is InChI=1S/C13H16O4/c1-9-6-11(4-5-12(9)13(14)15)17-8-16-7-10-2-3-10/h4-6,10H,2-3,7-8H2,1H3,(H,14,15). The molecule has 1 saturated carbocycles. The maximum absolute atomic E-state index is 10.8. The van der Waals surface area contributed by atoms with E-state index in [4.69, 9.17) is 14.6 Å². The van der Waals surface area contributed by atoms with E-state index in [1.165, 1.54) is 12.8 Å². The van der Waals surface area contributed by atoms with E-state index in [0.717, 1.165) is 12.5 Å². The number of carbonyl (C=O) groups is 1. The summed E-state index contributed by atoms with van der Waals surface area (Å²) in [6.07, 6.45) is 2.51. The van der Waals surface area contributed by atoms with Crippen LogP contribution in [0.5, 0.6) is 5.75 Å². The van der Waals surface area contributed by atoms with Gasteiger partial charge in [-0.15, -0.1) is 0 Å². The lowest BCUT2D eigenvalue weighted by atomic mass is 10.1. The van der Waals surface area contributed by atoms with Crippen LogP contribution in [-0.4, -0.2) is 24.5 Å². The Hall–Kier alpha value is -1.55. The fraction of sp³-hybridized carbons (Fsp3) is 0.462. The van der Waals surface area contributed by atoms with Gasteiger partial charge in [0.25, 0.3) is 0 Å². The van der Waals surface area contributed by atoms with E-state index in [1.54, 1.807) is 25.1 Å². The van der Waals surface area contributed by atoms with Crippen molar-refractivity contribution in [1.29, 1.82) is 0 Å². The Labute approximate surface area is 100 Å². The molecule has 2 rings (SSSR count). The maximum atomic E-state index is 10.8. The highest BCUT2D eigenvalue weighted by molar-refractivity contribution is 5.89. The molecule has 1 aliphatic carbocycles. The van der Waals surface area contributed by atoms with E-state index in [0.29, 0.717) is 16.9 Å². The molecule has 92 valence electrons. The lowest BCUT2D eigenvalue weighted by molar-refractivity contribution is 0.00995. The molecule has 0 unspecified atom stereocenters. The molecule has 4 nitrogen and oxygen atoms in total. The molecule has 0 saturated heterocycles. The van der Waals surface area contributed by atoms with E-state index in [9.17, 15) is 4.79 Å². The van der Waals surface area contributed by atoms with E-state index in [2.05, 4.69) is 0 Å². The van der Waals surface area contributed by atoms with Gasteiger partial charge in [0, 0.05) is 0 Å². The molecule has 0 amide bonds. The smallest absolute Gasteiger partial charge is 0.335 e. The van der Waals surface area contributed by atoms with Crippen LogP contribution in [0.4, 0.5) is 0 Å². The van der Waals surface area contributed by atoms with Crippen LogP contribution in [0.1, 0.15) is 28.8 Å². The summed E-state index contributed by atoms with van der Waals surface area (Å²) >= 11 is 0. The molecule has 0 bridgehead atoms. The molecule has 1 aromatic rings. The van der Waals surface area contributed by atoms with Gasteiger partial charge in [-0.3, -0.25) is 0 Å². The van der Waals surface area contributed by atoms with Gasteiger partial charge < -0.3 is 14.6 Å². The Balaban J connectivity index is 1.83. The monoisotopic (exact) mass is 236 g/mol. The van der Waals surface area contributed by atoms with Crippen molar-refractivity contribution in [2.45, 2.75) is 19.8 Å². The van der Waals surface area contributed by atoms with Crippen molar-refractivity contribution in [3.63, 3.8) is 0 Å². The lowest BCUT2D eigenvalue weighted by Gasteiger charge is -2.08. The summed E-state index contributed by atoms with van der Waals surface area (Å²) in [5.41, 5.74) is 0.994. The molecule has 0 atom stereocenters. The number of carboxylic acids is 1. The van der Waals surface area contributed by atoms with Crippen molar-refractivity contribution in [2.24, 2.45) is 5.92 Å². The van der Waals surface area contributed by atoms with Gasteiger partial charge in [-0.25, -0.2) is 4.79 Å². The molecular formula is C13H16O4. The first-order chi connectivity index (χ1) is 8.16. The number of rotatable bonds is 6. The predicted octanol–water partition coefficient (Wildman–Crippen LogP) is 2.46. The van der Waals surface area contributed by atoms with Crippen LogP contribution in [0.2, 0.25) is 0 Å². The van der Waals surface area contributed by atoms with Crippen LogP contribution < -0.4 is 4.74 Å². The summed E-state index contributed by atoms with van der Waals surface area (Å²) in [5.74, 6) is 0.442. The summed E-state index contributed by atoms with van der Waals surface area (Å²) in [7, 11) is 0. The van der Waals surface area contributed by atoms with Gasteiger partial charge in [0.1, 0.15) is 5.75 Å². The quantitative estimate of drug-likeness (QED) is 0.609. The van der Waals surface area contributed by atoms with Crippen molar-refractivity contribution in [1.82, 2.24) is 0 Å². The van der Waals surface area contributed by atoms with Crippen LogP contribution in [0.25, 0.3) is 0 Å². The SMILES string of the molecule is Cc1cc(OCOCC2CC2)ccc1C(=O)O. The van der Waals surface area contributed by atoms with Crippen LogP contribution in [0, 0.1) is 12.8 Å². The van der Waals surface area contributed by atoms with Gasteiger partial charge >= 0.3 is 5.97 Å². The van der Waals surface area contributed by atoms with E-state index in [-0.39, 0.29) is 6.79 Å². The zero-order valence-corrected chi connectivity index (χ0v) is 9.81.